The van der Waals surface area contributed by atoms with Crippen LogP contribution in [0.5, 0.6) is 0 Å². The zero-order valence-electron chi connectivity index (χ0n) is 12.9. The molecule has 4 nitrogen and oxygen atoms in total. The van der Waals surface area contributed by atoms with Crippen molar-refractivity contribution in [3.8, 4) is 0 Å². The van der Waals surface area contributed by atoms with E-state index >= 15 is 0 Å². The Morgan fingerprint density at radius 1 is 1.26 bits per heavy atom. The van der Waals surface area contributed by atoms with E-state index in [1.54, 1.807) is 12.3 Å². The molecule has 1 fully saturated rings. The molecule has 0 saturated carbocycles. The van der Waals surface area contributed by atoms with Gasteiger partial charge >= 0.3 is 0 Å². The molecule has 5 heteroatoms. The third-order valence-corrected chi connectivity index (χ3v) is 4.69. The quantitative estimate of drug-likeness (QED) is 0.906. The van der Waals surface area contributed by atoms with Gasteiger partial charge < -0.3 is 15.1 Å². The van der Waals surface area contributed by atoms with Gasteiger partial charge in [0.1, 0.15) is 0 Å². The molecule has 1 aliphatic rings. The molecular formula is C18H21FN2O2. The van der Waals surface area contributed by atoms with Gasteiger partial charge in [0, 0.05) is 24.7 Å². The zero-order chi connectivity index (χ0) is 16.3. The highest BCUT2D eigenvalue weighted by molar-refractivity contribution is 5.47. The molecule has 0 spiro atoms. The number of piperidine rings is 1. The number of nitrogens with zero attached hydrogens (tertiary/aromatic N) is 2. The minimum atomic E-state index is -0.699. The summed E-state index contributed by atoms with van der Waals surface area (Å²) in [7, 11) is 0. The van der Waals surface area contributed by atoms with Gasteiger partial charge in [0.15, 0.2) is 5.82 Å². The largest absolute Gasteiger partial charge is 0.396 e. The minimum Gasteiger partial charge on any atom is -0.396 e. The van der Waals surface area contributed by atoms with Crippen LogP contribution in [-0.2, 0) is 6.42 Å². The van der Waals surface area contributed by atoms with Gasteiger partial charge in [-0.05, 0) is 24.5 Å². The first-order valence-corrected chi connectivity index (χ1v) is 7.82. The number of rotatable bonds is 4. The Bertz CT molecular complexity index is 652. The fourth-order valence-electron chi connectivity index (χ4n) is 3.37. The lowest BCUT2D eigenvalue weighted by atomic mass is 9.73. The van der Waals surface area contributed by atoms with Gasteiger partial charge in [-0.1, -0.05) is 30.3 Å². The number of pyridine rings is 1. The topological polar surface area (TPSA) is 56.6 Å². The molecule has 1 aromatic carbocycles. The Morgan fingerprint density at radius 2 is 2.04 bits per heavy atom. The molecule has 1 aromatic heterocycles. The molecule has 23 heavy (non-hydrogen) atoms. The number of anilines is 1. The summed E-state index contributed by atoms with van der Waals surface area (Å²) < 4.78 is 14.0. The van der Waals surface area contributed by atoms with Crippen molar-refractivity contribution < 1.29 is 14.6 Å². The number of aliphatic hydroxyl groups is 2. The summed E-state index contributed by atoms with van der Waals surface area (Å²) in [6.07, 6.45) is 3.18. The number of aliphatic hydroxyl groups excluding tert-OH is 2. The lowest BCUT2D eigenvalue weighted by molar-refractivity contribution is -0.0292. The molecule has 1 aliphatic heterocycles. The van der Waals surface area contributed by atoms with E-state index in [0.717, 1.165) is 5.56 Å². The van der Waals surface area contributed by atoms with Crippen LogP contribution >= 0.6 is 0 Å². The SMILES string of the molecule is OC[C@@]1(Cc2ccccc2)CN(c2ccncc2F)CC[C@@H]1O. The van der Waals surface area contributed by atoms with E-state index in [4.69, 9.17) is 0 Å². The molecule has 0 amide bonds. The van der Waals surface area contributed by atoms with Crippen molar-refractivity contribution in [2.24, 2.45) is 5.41 Å². The second-order valence-corrected chi connectivity index (χ2v) is 6.24. The van der Waals surface area contributed by atoms with Crippen LogP contribution in [0.2, 0.25) is 0 Å². The molecule has 2 atom stereocenters. The van der Waals surface area contributed by atoms with Crippen LogP contribution in [0.1, 0.15) is 12.0 Å². The summed E-state index contributed by atoms with van der Waals surface area (Å²) in [5.74, 6) is -0.379. The van der Waals surface area contributed by atoms with Crippen molar-refractivity contribution in [2.75, 3.05) is 24.6 Å². The molecule has 2 heterocycles. The summed E-state index contributed by atoms with van der Waals surface area (Å²) in [5, 5.41) is 20.5. The number of hydrogen-bond donors (Lipinski definition) is 2. The maximum Gasteiger partial charge on any atom is 0.164 e. The van der Waals surface area contributed by atoms with E-state index in [-0.39, 0.29) is 12.4 Å². The van der Waals surface area contributed by atoms with Crippen molar-refractivity contribution in [3.05, 3.63) is 60.2 Å². The van der Waals surface area contributed by atoms with Gasteiger partial charge in [0.2, 0.25) is 0 Å². The van der Waals surface area contributed by atoms with Crippen LogP contribution in [-0.4, -0.2) is 41.0 Å². The van der Waals surface area contributed by atoms with Crippen LogP contribution < -0.4 is 4.90 Å². The van der Waals surface area contributed by atoms with Crippen LogP contribution in [0.15, 0.2) is 48.8 Å². The van der Waals surface area contributed by atoms with Gasteiger partial charge in [-0.15, -0.1) is 0 Å². The van der Waals surface area contributed by atoms with Crippen molar-refractivity contribution in [1.82, 2.24) is 4.98 Å². The van der Waals surface area contributed by atoms with E-state index in [9.17, 15) is 14.6 Å². The van der Waals surface area contributed by atoms with Gasteiger partial charge in [-0.2, -0.15) is 0 Å². The van der Waals surface area contributed by atoms with E-state index in [0.29, 0.717) is 31.6 Å². The van der Waals surface area contributed by atoms with Gasteiger partial charge in [0.05, 0.1) is 24.6 Å². The Labute approximate surface area is 135 Å². The van der Waals surface area contributed by atoms with E-state index < -0.39 is 11.5 Å². The summed E-state index contributed by atoms with van der Waals surface area (Å²) in [6, 6.07) is 11.4. The molecular weight excluding hydrogens is 295 g/mol. The van der Waals surface area contributed by atoms with Crippen LogP contribution in [0.25, 0.3) is 0 Å². The first-order chi connectivity index (χ1) is 11.1. The first-order valence-electron chi connectivity index (χ1n) is 7.82. The second kappa shape index (κ2) is 6.64. The standard InChI is InChI=1S/C18H21FN2O2/c19-15-11-20-8-6-16(15)21-9-7-17(23)18(12-21,13-22)10-14-4-2-1-3-5-14/h1-6,8,11,17,22-23H,7,9-10,12-13H2/t17-,18+/m0/s1. The average Bonchev–Trinajstić information content (AvgIpc) is 2.58. The fraction of sp³-hybridized carbons (Fsp3) is 0.389. The first kappa shape index (κ1) is 15.9. The molecule has 3 rings (SSSR count). The van der Waals surface area contributed by atoms with E-state index in [1.165, 1.54) is 6.20 Å². The van der Waals surface area contributed by atoms with Crippen LogP contribution in [0.3, 0.4) is 0 Å². The number of halogens is 1. The maximum absolute atomic E-state index is 14.0. The van der Waals surface area contributed by atoms with Crippen LogP contribution in [0, 0.1) is 11.2 Å². The summed E-state index contributed by atoms with van der Waals surface area (Å²) in [6.45, 7) is 0.811. The van der Waals surface area contributed by atoms with Gasteiger partial charge in [-0.25, -0.2) is 4.39 Å². The normalized spacial score (nSPS) is 24.7. The van der Waals surface area contributed by atoms with E-state index in [1.807, 2.05) is 35.2 Å². The predicted molar refractivity (Wildman–Crippen MR) is 86.7 cm³/mol. The molecule has 0 unspecified atom stereocenters. The molecule has 0 radical (unpaired) electrons. The number of hydrogen-bond acceptors (Lipinski definition) is 4. The average molecular weight is 316 g/mol. The molecule has 2 N–H and O–H groups in total. The highest BCUT2D eigenvalue weighted by Crippen LogP contribution is 2.36. The zero-order valence-corrected chi connectivity index (χ0v) is 12.9. The second-order valence-electron chi connectivity index (χ2n) is 6.24. The van der Waals surface area contributed by atoms with Crippen molar-refractivity contribution in [2.45, 2.75) is 18.9 Å². The monoisotopic (exact) mass is 316 g/mol. The highest BCUT2D eigenvalue weighted by atomic mass is 19.1. The van der Waals surface area contributed by atoms with Gasteiger partial charge in [0.25, 0.3) is 0 Å². The Hall–Kier alpha value is -1.98. The maximum atomic E-state index is 14.0. The lowest BCUT2D eigenvalue weighted by Crippen LogP contribution is -2.55. The third kappa shape index (κ3) is 3.21. The molecule has 122 valence electrons. The fourth-order valence-corrected chi connectivity index (χ4v) is 3.37. The number of benzene rings is 1. The summed E-state index contributed by atoms with van der Waals surface area (Å²) in [5.41, 5.74) is 0.824. The van der Waals surface area contributed by atoms with E-state index in [2.05, 4.69) is 4.98 Å². The lowest BCUT2D eigenvalue weighted by Gasteiger charge is -2.46. The van der Waals surface area contributed by atoms with Crippen molar-refractivity contribution in [1.29, 1.82) is 0 Å². The van der Waals surface area contributed by atoms with Gasteiger partial charge in [-0.3, -0.25) is 4.98 Å². The van der Waals surface area contributed by atoms with Crippen molar-refractivity contribution >= 4 is 5.69 Å². The molecule has 1 saturated heterocycles. The summed E-state index contributed by atoms with van der Waals surface area (Å²) >= 11 is 0. The van der Waals surface area contributed by atoms with Crippen molar-refractivity contribution in [3.63, 3.8) is 0 Å². The Morgan fingerprint density at radius 3 is 2.74 bits per heavy atom. The highest BCUT2D eigenvalue weighted by Gasteiger charge is 2.43. The number of aromatic nitrogens is 1. The van der Waals surface area contributed by atoms with Crippen LogP contribution in [0.4, 0.5) is 10.1 Å². The predicted octanol–water partition coefficient (Wildman–Crippen LogP) is 2.01. The molecule has 0 bridgehead atoms. The Kier molecular flexibility index (Phi) is 4.59. The smallest absolute Gasteiger partial charge is 0.164 e. The Balaban J connectivity index is 1.88. The molecule has 0 aliphatic carbocycles. The minimum absolute atomic E-state index is 0.147. The molecule has 2 aromatic rings. The third-order valence-electron chi connectivity index (χ3n) is 4.69. The summed E-state index contributed by atoms with van der Waals surface area (Å²) in [4.78, 5) is 5.67.